The predicted octanol–water partition coefficient (Wildman–Crippen LogP) is 3.25. The Kier molecular flexibility index (Phi) is 6.82. The topological polar surface area (TPSA) is 84.6 Å². The summed E-state index contributed by atoms with van der Waals surface area (Å²) in [6.45, 7) is 14.0. The van der Waals surface area contributed by atoms with Crippen LogP contribution in [0.5, 0.6) is 5.75 Å². The van der Waals surface area contributed by atoms with Gasteiger partial charge in [-0.05, 0) is 20.8 Å². The SMILES string of the molecule is CCNC(=NCc1ncc(C)c(OC)c1C)NCc1ncc(C(C)(C)C)o1. The van der Waals surface area contributed by atoms with Gasteiger partial charge in [-0.3, -0.25) is 4.98 Å². The second-order valence-corrected chi connectivity index (χ2v) is 7.46. The van der Waals surface area contributed by atoms with Crippen molar-refractivity contribution in [3.63, 3.8) is 0 Å². The number of aryl methyl sites for hydroxylation is 1. The van der Waals surface area contributed by atoms with Gasteiger partial charge < -0.3 is 19.8 Å². The number of oxazole rings is 1. The van der Waals surface area contributed by atoms with Crippen LogP contribution in [-0.2, 0) is 18.5 Å². The summed E-state index contributed by atoms with van der Waals surface area (Å²) in [5, 5.41) is 6.49. The Morgan fingerprint density at radius 1 is 1.19 bits per heavy atom. The molecule has 0 spiro atoms. The molecule has 27 heavy (non-hydrogen) atoms. The molecule has 0 radical (unpaired) electrons. The lowest BCUT2D eigenvalue weighted by Crippen LogP contribution is -2.36. The fourth-order valence-electron chi connectivity index (χ4n) is 2.62. The fraction of sp³-hybridized carbons (Fsp3) is 0.550. The summed E-state index contributed by atoms with van der Waals surface area (Å²) in [6.07, 6.45) is 3.60. The number of nitrogens with one attached hydrogen (secondary N) is 2. The number of pyridine rings is 1. The van der Waals surface area contributed by atoms with Crippen molar-refractivity contribution in [3.05, 3.63) is 40.9 Å². The maximum atomic E-state index is 5.82. The van der Waals surface area contributed by atoms with E-state index < -0.39 is 0 Å². The van der Waals surface area contributed by atoms with Crippen molar-refractivity contribution < 1.29 is 9.15 Å². The molecule has 7 heteroatoms. The normalized spacial score (nSPS) is 12.2. The van der Waals surface area contributed by atoms with E-state index in [4.69, 9.17) is 9.15 Å². The quantitative estimate of drug-likeness (QED) is 0.597. The van der Waals surface area contributed by atoms with E-state index in [1.807, 2.05) is 27.0 Å². The lowest BCUT2D eigenvalue weighted by Gasteiger charge is -2.14. The predicted molar refractivity (Wildman–Crippen MR) is 107 cm³/mol. The van der Waals surface area contributed by atoms with Gasteiger partial charge in [0.1, 0.15) is 11.5 Å². The number of methoxy groups -OCH3 is 1. The average Bonchev–Trinajstić information content (AvgIpc) is 3.08. The summed E-state index contributed by atoms with van der Waals surface area (Å²) in [5.41, 5.74) is 2.86. The van der Waals surface area contributed by atoms with E-state index in [0.29, 0.717) is 24.9 Å². The lowest BCUT2D eigenvalue weighted by molar-refractivity contribution is 0.379. The minimum atomic E-state index is -0.0580. The summed E-state index contributed by atoms with van der Waals surface area (Å²) in [4.78, 5) is 13.5. The molecule has 0 saturated carbocycles. The highest BCUT2D eigenvalue weighted by molar-refractivity contribution is 5.79. The Labute approximate surface area is 161 Å². The summed E-state index contributed by atoms with van der Waals surface area (Å²) in [5.74, 6) is 3.06. The van der Waals surface area contributed by atoms with Crippen molar-refractivity contribution in [2.75, 3.05) is 13.7 Å². The molecule has 2 heterocycles. The molecule has 2 rings (SSSR count). The van der Waals surface area contributed by atoms with Crippen LogP contribution in [0, 0.1) is 13.8 Å². The van der Waals surface area contributed by atoms with Crippen molar-refractivity contribution in [1.29, 1.82) is 0 Å². The highest BCUT2D eigenvalue weighted by Crippen LogP contribution is 2.24. The number of ether oxygens (including phenoxy) is 1. The molecule has 0 aliphatic heterocycles. The third-order valence-electron chi connectivity index (χ3n) is 4.18. The van der Waals surface area contributed by atoms with Crippen LogP contribution in [0.15, 0.2) is 21.8 Å². The minimum Gasteiger partial charge on any atom is -0.496 e. The maximum Gasteiger partial charge on any atom is 0.213 e. The van der Waals surface area contributed by atoms with Gasteiger partial charge in [0.05, 0.1) is 32.1 Å². The second kappa shape index (κ2) is 8.88. The molecular formula is C20H31N5O2. The van der Waals surface area contributed by atoms with Crippen LogP contribution >= 0.6 is 0 Å². The van der Waals surface area contributed by atoms with Gasteiger partial charge in [-0.15, -0.1) is 0 Å². The summed E-state index contributed by atoms with van der Waals surface area (Å²) < 4.78 is 11.3. The first kappa shape index (κ1) is 20.7. The molecule has 7 nitrogen and oxygen atoms in total. The molecule has 0 aliphatic carbocycles. The Morgan fingerprint density at radius 2 is 1.93 bits per heavy atom. The van der Waals surface area contributed by atoms with Gasteiger partial charge in [0, 0.05) is 29.3 Å². The second-order valence-electron chi connectivity index (χ2n) is 7.46. The molecule has 2 aromatic rings. The monoisotopic (exact) mass is 373 g/mol. The third kappa shape index (κ3) is 5.45. The number of rotatable bonds is 6. The zero-order valence-electron chi connectivity index (χ0n) is 17.4. The molecule has 0 amide bonds. The van der Waals surface area contributed by atoms with E-state index in [2.05, 4.69) is 46.4 Å². The van der Waals surface area contributed by atoms with Gasteiger partial charge in [-0.25, -0.2) is 9.98 Å². The largest absolute Gasteiger partial charge is 0.496 e. The van der Waals surface area contributed by atoms with Crippen molar-refractivity contribution >= 4 is 5.96 Å². The molecule has 0 saturated heterocycles. The Morgan fingerprint density at radius 3 is 2.52 bits per heavy atom. The first-order chi connectivity index (χ1) is 12.8. The summed E-state index contributed by atoms with van der Waals surface area (Å²) >= 11 is 0. The molecule has 0 atom stereocenters. The first-order valence-corrected chi connectivity index (χ1v) is 9.22. The number of hydrogen-bond donors (Lipinski definition) is 2. The third-order valence-corrected chi connectivity index (χ3v) is 4.18. The van der Waals surface area contributed by atoms with Gasteiger partial charge >= 0.3 is 0 Å². The Bertz CT molecular complexity index is 790. The van der Waals surface area contributed by atoms with Crippen LogP contribution in [0.3, 0.4) is 0 Å². The van der Waals surface area contributed by atoms with E-state index in [9.17, 15) is 0 Å². The smallest absolute Gasteiger partial charge is 0.213 e. The number of guanidine groups is 1. The molecular weight excluding hydrogens is 342 g/mol. The zero-order valence-corrected chi connectivity index (χ0v) is 17.4. The highest BCUT2D eigenvalue weighted by atomic mass is 16.5. The van der Waals surface area contributed by atoms with Crippen molar-refractivity contribution in [1.82, 2.24) is 20.6 Å². The van der Waals surface area contributed by atoms with Crippen LogP contribution in [0.1, 0.15) is 56.2 Å². The lowest BCUT2D eigenvalue weighted by atomic mass is 9.94. The molecule has 2 N–H and O–H groups in total. The zero-order chi connectivity index (χ0) is 20.0. The number of aliphatic imine (C=N–C) groups is 1. The van der Waals surface area contributed by atoms with E-state index in [0.717, 1.165) is 34.9 Å². The highest BCUT2D eigenvalue weighted by Gasteiger charge is 2.19. The standard InChI is InChI=1S/C20H31N5O2/c1-8-21-19(25-12-17-23-11-16(27-17)20(4,5)6)24-10-15-14(3)18(26-7)13(2)9-22-15/h9,11H,8,10,12H2,1-7H3,(H2,21,24,25). The van der Waals surface area contributed by atoms with Gasteiger partial charge in [0.25, 0.3) is 0 Å². The molecule has 0 unspecified atom stereocenters. The van der Waals surface area contributed by atoms with Crippen LogP contribution in [0.4, 0.5) is 0 Å². The summed E-state index contributed by atoms with van der Waals surface area (Å²) in [7, 11) is 1.68. The number of nitrogens with zero attached hydrogens (tertiary/aromatic N) is 3. The van der Waals surface area contributed by atoms with E-state index in [1.54, 1.807) is 13.3 Å². The maximum absolute atomic E-state index is 5.82. The number of aromatic nitrogens is 2. The van der Waals surface area contributed by atoms with Gasteiger partial charge in [-0.2, -0.15) is 0 Å². The van der Waals surface area contributed by atoms with E-state index in [1.165, 1.54) is 0 Å². The fourth-order valence-corrected chi connectivity index (χ4v) is 2.62. The van der Waals surface area contributed by atoms with E-state index >= 15 is 0 Å². The minimum absolute atomic E-state index is 0.0580. The molecule has 0 bridgehead atoms. The molecule has 0 aromatic carbocycles. The van der Waals surface area contributed by atoms with Gasteiger partial charge in [-0.1, -0.05) is 20.8 Å². The molecule has 148 valence electrons. The van der Waals surface area contributed by atoms with Crippen LogP contribution in [0.2, 0.25) is 0 Å². The van der Waals surface area contributed by atoms with Crippen LogP contribution < -0.4 is 15.4 Å². The average molecular weight is 374 g/mol. The van der Waals surface area contributed by atoms with Crippen molar-refractivity contribution in [3.8, 4) is 5.75 Å². The summed E-state index contributed by atoms with van der Waals surface area (Å²) in [6, 6.07) is 0. The van der Waals surface area contributed by atoms with Crippen LogP contribution in [-0.4, -0.2) is 29.6 Å². The first-order valence-electron chi connectivity index (χ1n) is 9.22. The van der Waals surface area contributed by atoms with Crippen molar-refractivity contribution in [2.24, 2.45) is 4.99 Å². The van der Waals surface area contributed by atoms with Gasteiger partial charge in [0.2, 0.25) is 5.89 Å². The Balaban J connectivity index is 2.07. The van der Waals surface area contributed by atoms with Gasteiger partial charge in [0.15, 0.2) is 5.96 Å². The number of hydrogen-bond acceptors (Lipinski definition) is 5. The van der Waals surface area contributed by atoms with Crippen molar-refractivity contribution in [2.45, 2.75) is 60.0 Å². The van der Waals surface area contributed by atoms with E-state index in [-0.39, 0.29) is 5.41 Å². The molecule has 2 aromatic heterocycles. The molecule has 0 fully saturated rings. The molecule has 0 aliphatic rings. The Hall–Kier alpha value is -2.57. The van der Waals surface area contributed by atoms with Crippen LogP contribution in [0.25, 0.3) is 0 Å².